The Morgan fingerprint density at radius 2 is 2.05 bits per heavy atom. The van der Waals surface area contributed by atoms with E-state index in [0.717, 1.165) is 76.2 Å². The van der Waals surface area contributed by atoms with Gasteiger partial charge in [-0.05, 0) is 80.5 Å². The lowest BCUT2D eigenvalue weighted by Crippen LogP contribution is -2.42. The van der Waals surface area contributed by atoms with E-state index in [0.29, 0.717) is 49.5 Å². The number of carbonyl (C=O) groups excluding carboxylic acids is 2. The van der Waals surface area contributed by atoms with Crippen molar-refractivity contribution in [2.45, 2.75) is 51.9 Å². The molecular weight excluding hydrogens is 466 g/mol. The van der Waals surface area contributed by atoms with Crippen LogP contribution in [0.2, 0.25) is 0 Å². The average molecular weight is 510 g/mol. The summed E-state index contributed by atoms with van der Waals surface area (Å²) in [4.78, 5) is 26.0. The van der Waals surface area contributed by atoms with Crippen molar-refractivity contribution in [1.29, 1.82) is 0 Å². The fourth-order valence-electron chi connectivity index (χ4n) is 5.53. The highest BCUT2D eigenvalue weighted by Crippen LogP contribution is 2.34. The van der Waals surface area contributed by atoms with Crippen molar-refractivity contribution >= 4 is 11.8 Å². The Hall–Kier alpha value is -2.80. The van der Waals surface area contributed by atoms with Crippen molar-refractivity contribution in [3.8, 4) is 5.75 Å². The van der Waals surface area contributed by atoms with Crippen LogP contribution in [0.3, 0.4) is 0 Å². The van der Waals surface area contributed by atoms with Gasteiger partial charge in [-0.3, -0.25) is 9.59 Å². The topological polar surface area (TPSA) is 79.9 Å². The summed E-state index contributed by atoms with van der Waals surface area (Å²) in [7, 11) is 0. The SMILES string of the molecule is CCCCCNC(=O)c1ccc(OCC2CNCC[C@H]2C2C=CC(OCCN3CCCC3=O)=CC2)cc1. The first-order chi connectivity index (χ1) is 18.1. The van der Waals surface area contributed by atoms with Crippen molar-refractivity contribution in [1.82, 2.24) is 15.5 Å². The molecule has 2 amide bonds. The summed E-state index contributed by atoms with van der Waals surface area (Å²) in [6.45, 7) is 7.59. The zero-order chi connectivity index (χ0) is 25.9. The molecule has 0 saturated carbocycles. The number of carbonyl (C=O) groups is 2. The molecule has 4 rings (SSSR count). The van der Waals surface area contributed by atoms with Crippen LogP contribution in [-0.4, -0.2) is 62.7 Å². The molecule has 1 aromatic rings. The molecule has 0 radical (unpaired) electrons. The van der Waals surface area contributed by atoms with Gasteiger partial charge in [0.05, 0.1) is 13.2 Å². The normalized spacial score (nSPS) is 23.6. The number of unbranched alkanes of at least 4 members (excludes halogenated alkanes) is 2. The molecule has 2 fully saturated rings. The molecule has 2 heterocycles. The molecule has 2 N–H and O–H groups in total. The smallest absolute Gasteiger partial charge is 0.251 e. The minimum absolute atomic E-state index is 0.0239. The molecule has 1 aromatic carbocycles. The van der Waals surface area contributed by atoms with Crippen LogP contribution in [0, 0.1) is 17.8 Å². The van der Waals surface area contributed by atoms with E-state index in [1.165, 1.54) is 0 Å². The zero-order valence-corrected chi connectivity index (χ0v) is 22.3. The molecule has 2 unspecified atom stereocenters. The van der Waals surface area contributed by atoms with Crippen LogP contribution in [0.5, 0.6) is 5.75 Å². The van der Waals surface area contributed by atoms with Crippen LogP contribution in [0.1, 0.15) is 62.2 Å². The van der Waals surface area contributed by atoms with Crippen LogP contribution in [0.25, 0.3) is 0 Å². The number of benzene rings is 1. The summed E-state index contributed by atoms with van der Waals surface area (Å²) in [5, 5.41) is 6.51. The fraction of sp³-hybridized carbons (Fsp3) is 0.600. The van der Waals surface area contributed by atoms with E-state index in [1.54, 1.807) is 0 Å². The van der Waals surface area contributed by atoms with Gasteiger partial charge in [-0.15, -0.1) is 0 Å². The molecule has 2 saturated heterocycles. The Morgan fingerprint density at radius 1 is 1.19 bits per heavy atom. The van der Waals surface area contributed by atoms with E-state index in [-0.39, 0.29) is 11.8 Å². The Labute approximate surface area is 221 Å². The maximum atomic E-state index is 12.3. The highest BCUT2D eigenvalue weighted by Gasteiger charge is 2.31. The van der Waals surface area contributed by atoms with Gasteiger partial charge in [-0.25, -0.2) is 0 Å². The molecule has 1 aliphatic carbocycles. The average Bonchev–Trinajstić information content (AvgIpc) is 3.35. The van der Waals surface area contributed by atoms with E-state index < -0.39 is 0 Å². The summed E-state index contributed by atoms with van der Waals surface area (Å²) in [5.41, 5.74) is 0.672. The first-order valence-corrected chi connectivity index (χ1v) is 14.1. The van der Waals surface area contributed by atoms with Gasteiger partial charge in [0, 0.05) is 37.5 Å². The monoisotopic (exact) mass is 509 g/mol. The number of hydrogen-bond acceptors (Lipinski definition) is 5. The van der Waals surface area contributed by atoms with Gasteiger partial charge < -0.3 is 25.0 Å². The molecule has 0 spiro atoms. The number of allylic oxidation sites excluding steroid dienone is 3. The van der Waals surface area contributed by atoms with E-state index >= 15 is 0 Å². The van der Waals surface area contributed by atoms with Crippen molar-refractivity contribution < 1.29 is 19.1 Å². The summed E-state index contributed by atoms with van der Waals surface area (Å²) in [5.74, 6) is 3.38. The predicted molar refractivity (Wildman–Crippen MR) is 145 cm³/mol. The summed E-state index contributed by atoms with van der Waals surface area (Å²) < 4.78 is 12.1. The van der Waals surface area contributed by atoms with Crippen LogP contribution < -0.4 is 15.4 Å². The Balaban J connectivity index is 1.21. The third-order valence-electron chi connectivity index (χ3n) is 7.76. The van der Waals surface area contributed by atoms with Gasteiger partial charge in [0.2, 0.25) is 5.91 Å². The van der Waals surface area contributed by atoms with E-state index in [4.69, 9.17) is 9.47 Å². The Morgan fingerprint density at radius 3 is 2.78 bits per heavy atom. The largest absolute Gasteiger partial charge is 0.493 e. The molecule has 202 valence electrons. The summed E-state index contributed by atoms with van der Waals surface area (Å²) in [6, 6.07) is 7.48. The Bertz CT molecular complexity index is 943. The lowest BCUT2D eigenvalue weighted by molar-refractivity contribution is -0.128. The summed E-state index contributed by atoms with van der Waals surface area (Å²) >= 11 is 0. The summed E-state index contributed by atoms with van der Waals surface area (Å²) in [6.07, 6.45) is 13.6. The number of ether oxygens (including phenoxy) is 2. The maximum Gasteiger partial charge on any atom is 0.251 e. The third kappa shape index (κ3) is 8.09. The number of amides is 2. The third-order valence-corrected chi connectivity index (χ3v) is 7.76. The predicted octanol–water partition coefficient (Wildman–Crippen LogP) is 4.31. The number of nitrogens with zero attached hydrogens (tertiary/aromatic N) is 1. The van der Waals surface area contributed by atoms with Crippen LogP contribution in [0.4, 0.5) is 0 Å². The van der Waals surface area contributed by atoms with Crippen molar-refractivity contribution in [2.24, 2.45) is 17.8 Å². The van der Waals surface area contributed by atoms with Gasteiger partial charge in [0.25, 0.3) is 5.91 Å². The molecule has 3 aliphatic rings. The van der Waals surface area contributed by atoms with E-state index in [1.807, 2.05) is 29.2 Å². The van der Waals surface area contributed by atoms with Gasteiger partial charge in [-0.2, -0.15) is 0 Å². The highest BCUT2D eigenvalue weighted by molar-refractivity contribution is 5.94. The fourth-order valence-corrected chi connectivity index (χ4v) is 5.53. The standard InChI is InChI=1S/C30H43N3O4/c1-2-3-4-16-32-30(35)24-9-13-27(14-10-24)37-22-25-21-31-17-15-28(25)23-7-11-26(12-8-23)36-20-19-33-18-5-6-29(33)34/h7,9-14,23,25,28,31H,2-6,8,15-22H2,1H3,(H,32,35)/t23?,25?,28-/m0/s1. The van der Waals surface area contributed by atoms with Crippen molar-refractivity contribution in [3.05, 3.63) is 53.8 Å². The Kier molecular flexibility index (Phi) is 10.5. The van der Waals surface area contributed by atoms with Gasteiger partial charge in [0.1, 0.15) is 18.1 Å². The van der Waals surface area contributed by atoms with Gasteiger partial charge >= 0.3 is 0 Å². The van der Waals surface area contributed by atoms with Crippen LogP contribution >= 0.6 is 0 Å². The molecule has 7 heteroatoms. The molecule has 2 aliphatic heterocycles. The van der Waals surface area contributed by atoms with Gasteiger partial charge in [0.15, 0.2) is 0 Å². The van der Waals surface area contributed by atoms with E-state index in [9.17, 15) is 9.59 Å². The quantitative estimate of drug-likeness (QED) is 0.388. The number of likely N-dealkylation sites (tertiary alicyclic amines) is 1. The lowest BCUT2D eigenvalue weighted by Gasteiger charge is -2.37. The minimum atomic E-state index is -0.0239. The maximum absolute atomic E-state index is 12.3. The van der Waals surface area contributed by atoms with E-state index in [2.05, 4.69) is 35.8 Å². The second-order valence-electron chi connectivity index (χ2n) is 10.4. The number of nitrogens with one attached hydrogen (secondary N) is 2. The van der Waals surface area contributed by atoms with Crippen molar-refractivity contribution in [3.63, 3.8) is 0 Å². The molecule has 0 aromatic heterocycles. The van der Waals surface area contributed by atoms with Crippen LogP contribution in [-0.2, 0) is 9.53 Å². The second kappa shape index (κ2) is 14.2. The minimum Gasteiger partial charge on any atom is -0.493 e. The molecule has 3 atom stereocenters. The van der Waals surface area contributed by atoms with Crippen molar-refractivity contribution in [2.75, 3.05) is 45.9 Å². The highest BCUT2D eigenvalue weighted by atomic mass is 16.5. The zero-order valence-electron chi connectivity index (χ0n) is 22.3. The molecular formula is C30H43N3O4. The molecule has 7 nitrogen and oxygen atoms in total. The first kappa shape index (κ1) is 27.2. The molecule has 37 heavy (non-hydrogen) atoms. The van der Waals surface area contributed by atoms with Crippen LogP contribution in [0.15, 0.2) is 48.3 Å². The number of piperidine rings is 1. The second-order valence-corrected chi connectivity index (χ2v) is 10.4. The number of hydrogen-bond donors (Lipinski definition) is 2. The molecule has 0 bridgehead atoms. The lowest BCUT2D eigenvalue weighted by atomic mass is 9.75. The van der Waals surface area contributed by atoms with Gasteiger partial charge in [-0.1, -0.05) is 25.8 Å². The number of rotatable bonds is 13. The first-order valence-electron chi connectivity index (χ1n) is 14.1.